The van der Waals surface area contributed by atoms with E-state index in [0.717, 1.165) is 11.3 Å². The third kappa shape index (κ3) is 4.79. The van der Waals surface area contributed by atoms with Crippen LogP contribution in [0.25, 0.3) is 0 Å². The largest absolute Gasteiger partial charge is 0.396 e. The number of carbonyl (C=O) groups is 1. The summed E-state index contributed by atoms with van der Waals surface area (Å²) in [6.45, 7) is 3.67. The van der Waals surface area contributed by atoms with Crippen LogP contribution in [0.2, 0.25) is 5.02 Å². The molecule has 1 aromatic carbocycles. The Labute approximate surface area is 165 Å². The molecule has 7 nitrogen and oxygen atoms in total. The van der Waals surface area contributed by atoms with E-state index in [4.69, 9.17) is 16.7 Å². The summed E-state index contributed by atoms with van der Waals surface area (Å²) in [5.74, 6) is 0.873. The van der Waals surface area contributed by atoms with E-state index in [1.54, 1.807) is 19.1 Å². The van der Waals surface area contributed by atoms with E-state index in [1.165, 1.54) is 17.5 Å². The van der Waals surface area contributed by atoms with Crippen molar-refractivity contribution in [1.82, 2.24) is 15.0 Å². The third-order valence-corrected chi connectivity index (χ3v) is 4.91. The lowest BCUT2D eigenvalue weighted by atomic mass is 10.2. The van der Waals surface area contributed by atoms with Crippen LogP contribution in [0.4, 0.5) is 16.6 Å². The van der Waals surface area contributed by atoms with Gasteiger partial charge in [-0.05, 0) is 25.5 Å². The van der Waals surface area contributed by atoms with Gasteiger partial charge in [-0.1, -0.05) is 35.1 Å². The molecule has 0 bridgehead atoms. The number of halogens is 1. The first-order chi connectivity index (χ1) is 13.0. The van der Waals surface area contributed by atoms with Crippen LogP contribution in [0.1, 0.15) is 26.8 Å². The fraction of sp³-hybridized carbons (Fsp3) is 0.222. The molecule has 2 heterocycles. The van der Waals surface area contributed by atoms with Gasteiger partial charge in [0.15, 0.2) is 5.13 Å². The van der Waals surface area contributed by atoms with Gasteiger partial charge in [-0.2, -0.15) is 0 Å². The zero-order chi connectivity index (χ0) is 19.4. The molecule has 0 radical (unpaired) electrons. The molecular formula is C18H18ClN5O2S. The average Bonchev–Trinajstić information content (AvgIpc) is 3.06. The molecule has 0 aliphatic heterocycles. The number of nitrogens with zero attached hydrogens (tertiary/aromatic N) is 3. The molecule has 0 fully saturated rings. The molecule has 0 saturated heterocycles. The maximum Gasteiger partial charge on any atom is 0.267 e. The minimum atomic E-state index is -0.281. The Bertz CT molecular complexity index is 956. The monoisotopic (exact) mass is 403 g/mol. The Kier molecular flexibility index (Phi) is 6.00. The smallest absolute Gasteiger partial charge is 0.267 e. The van der Waals surface area contributed by atoms with Crippen molar-refractivity contribution in [2.24, 2.45) is 0 Å². The lowest BCUT2D eigenvalue weighted by Gasteiger charge is -2.08. The molecule has 0 saturated carbocycles. The number of hydrogen-bond acceptors (Lipinski definition) is 7. The van der Waals surface area contributed by atoms with Gasteiger partial charge in [0.25, 0.3) is 5.91 Å². The van der Waals surface area contributed by atoms with Crippen LogP contribution in [-0.2, 0) is 6.42 Å². The number of aryl methyl sites for hydroxylation is 2. The van der Waals surface area contributed by atoms with Crippen molar-refractivity contribution in [2.75, 3.05) is 17.2 Å². The number of aromatic nitrogens is 3. The predicted octanol–water partition coefficient (Wildman–Crippen LogP) is 3.73. The Morgan fingerprint density at radius 1 is 1.30 bits per heavy atom. The molecule has 1 amide bonds. The second kappa shape index (κ2) is 8.43. The summed E-state index contributed by atoms with van der Waals surface area (Å²) in [6, 6.07) is 7.18. The van der Waals surface area contributed by atoms with Crippen LogP contribution in [0.5, 0.6) is 0 Å². The summed E-state index contributed by atoms with van der Waals surface area (Å²) >= 11 is 7.36. The zero-order valence-electron chi connectivity index (χ0n) is 14.8. The average molecular weight is 404 g/mol. The lowest BCUT2D eigenvalue weighted by molar-refractivity contribution is 0.103. The van der Waals surface area contributed by atoms with Gasteiger partial charge in [-0.15, -0.1) is 0 Å². The molecular weight excluding hydrogens is 386 g/mol. The third-order valence-electron chi connectivity index (χ3n) is 3.68. The van der Waals surface area contributed by atoms with Crippen LogP contribution in [-0.4, -0.2) is 32.6 Å². The number of anilines is 3. The number of aliphatic hydroxyl groups excluding tert-OH is 1. The number of aliphatic hydroxyl groups is 1. The van der Waals surface area contributed by atoms with E-state index in [2.05, 4.69) is 25.6 Å². The van der Waals surface area contributed by atoms with Crippen LogP contribution in [0.3, 0.4) is 0 Å². The molecule has 27 heavy (non-hydrogen) atoms. The SMILES string of the molecule is Cc1nc(CCO)cc(Nc2ncc(C(=O)Nc3c(C)cccc3Cl)s2)n1. The second-order valence-electron chi connectivity index (χ2n) is 5.81. The highest BCUT2D eigenvalue weighted by Crippen LogP contribution is 2.27. The quantitative estimate of drug-likeness (QED) is 0.579. The fourth-order valence-electron chi connectivity index (χ4n) is 2.45. The fourth-order valence-corrected chi connectivity index (χ4v) is 3.44. The highest BCUT2D eigenvalue weighted by Gasteiger charge is 2.14. The van der Waals surface area contributed by atoms with E-state index >= 15 is 0 Å². The van der Waals surface area contributed by atoms with Crippen LogP contribution >= 0.6 is 22.9 Å². The van der Waals surface area contributed by atoms with Gasteiger partial charge < -0.3 is 15.7 Å². The summed E-state index contributed by atoms with van der Waals surface area (Å²) in [5, 5.41) is 16.0. The second-order valence-corrected chi connectivity index (χ2v) is 7.24. The molecule has 2 aromatic heterocycles. The summed E-state index contributed by atoms with van der Waals surface area (Å²) in [6.07, 6.45) is 1.94. The number of nitrogens with one attached hydrogen (secondary N) is 2. The Morgan fingerprint density at radius 3 is 2.85 bits per heavy atom. The molecule has 3 rings (SSSR count). The van der Waals surface area contributed by atoms with Gasteiger partial charge in [0.2, 0.25) is 0 Å². The summed E-state index contributed by atoms with van der Waals surface area (Å²) in [7, 11) is 0. The standard InChI is InChI=1S/C18H18ClN5O2S/c1-10-4-3-5-13(19)16(10)24-17(26)14-9-20-18(27-14)23-15-8-12(6-7-25)21-11(2)22-15/h3-5,8-9,25H,6-7H2,1-2H3,(H,24,26)(H,20,21,22,23). The molecule has 0 atom stereocenters. The Balaban J connectivity index is 1.74. The van der Waals surface area contributed by atoms with Crippen molar-refractivity contribution >= 4 is 45.5 Å². The van der Waals surface area contributed by atoms with Gasteiger partial charge in [-0.25, -0.2) is 15.0 Å². The van der Waals surface area contributed by atoms with Gasteiger partial charge in [-0.3, -0.25) is 4.79 Å². The normalized spacial score (nSPS) is 10.7. The Morgan fingerprint density at radius 2 is 2.11 bits per heavy atom. The van der Waals surface area contributed by atoms with Crippen LogP contribution < -0.4 is 10.6 Å². The summed E-state index contributed by atoms with van der Waals surface area (Å²) in [5.41, 5.74) is 2.20. The first-order valence-corrected chi connectivity index (χ1v) is 9.40. The lowest BCUT2D eigenvalue weighted by Crippen LogP contribution is -2.11. The molecule has 0 spiro atoms. The van der Waals surface area contributed by atoms with Gasteiger partial charge >= 0.3 is 0 Å². The minimum absolute atomic E-state index is 0.0128. The molecule has 3 aromatic rings. The number of thiazole rings is 1. The van der Waals surface area contributed by atoms with Gasteiger partial charge in [0.1, 0.15) is 16.5 Å². The van der Waals surface area contributed by atoms with E-state index in [1.807, 2.05) is 19.1 Å². The maximum atomic E-state index is 12.5. The predicted molar refractivity (Wildman–Crippen MR) is 107 cm³/mol. The minimum Gasteiger partial charge on any atom is -0.396 e. The molecule has 140 valence electrons. The highest BCUT2D eigenvalue weighted by atomic mass is 35.5. The van der Waals surface area contributed by atoms with Gasteiger partial charge in [0.05, 0.1) is 16.9 Å². The number of amides is 1. The maximum absolute atomic E-state index is 12.5. The number of carbonyl (C=O) groups excluding carboxylic acids is 1. The summed E-state index contributed by atoms with van der Waals surface area (Å²) < 4.78 is 0. The van der Waals surface area contributed by atoms with Crippen LogP contribution in [0, 0.1) is 13.8 Å². The van der Waals surface area contributed by atoms with E-state index < -0.39 is 0 Å². The van der Waals surface area contributed by atoms with Crippen molar-refractivity contribution in [2.45, 2.75) is 20.3 Å². The summed E-state index contributed by atoms with van der Waals surface area (Å²) in [4.78, 5) is 25.7. The van der Waals surface area contributed by atoms with Crippen molar-refractivity contribution < 1.29 is 9.90 Å². The van der Waals surface area contributed by atoms with E-state index in [-0.39, 0.29) is 12.5 Å². The molecule has 0 unspecified atom stereocenters. The van der Waals surface area contributed by atoms with Crippen molar-refractivity contribution in [3.05, 3.63) is 57.4 Å². The number of hydrogen-bond donors (Lipinski definition) is 3. The number of benzene rings is 1. The molecule has 3 N–H and O–H groups in total. The van der Waals surface area contributed by atoms with Crippen LogP contribution in [0.15, 0.2) is 30.5 Å². The number of rotatable bonds is 6. The first kappa shape index (κ1) is 19.2. The molecule has 0 aliphatic carbocycles. The Hall–Kier alpha value is -2.55. The van der Waals surface area contributed by atoms with Crippen molar-refractivity contribution in [3.63, 3.8) is 0 Å². The topological polar surface area (TPSA) is 100 Å². The van der Waals surface area contributed by atoms with Crippen molar-refractivity contribution in [3.8, 4) is 0 Å². The zero-order valence-corrected chi connectivity index (χ0v) is 16.4. The number of para-hydroxylation sites is 1. The van der Waals surface area contributed by atoms with Crippen molar-refractivity contribution in [1.29, 1.82) is 0 Å². The van der Waals surface area contributed by atoms with E-state index in [9.17, 15) is 4.79 Å². The first-order valence-electron chi connectivity index (χ1n) is 8.21. The van der Waals surface area contributed by atoms with Gasteiger partial charge in [0, 0.05) is 24.8 Å². The van der Waals surface area contributed by atoms with E-state index in [0.29, 0.717) is 38.8 Å². The molecule has 0 aliphatic rings. The molecule has 9 heteroatoms. The highest BCUT2D eigenvalue weighted by molar-refractivity contribution is 7.17.